The highest BCUT2D eigenvalue weighted by molar-refractivity contribution is 7.99. The monoisotopic (exact) mass is 290 g/mol. The maximum atomic E-state index is 5.71. The Morgan fingerprint density at radius 3 is 2.60 bits per heavy atom. The number of hydrogen-bond donors (Lipinski definition) is 2. The number of nitrogens with one attached hydrogen (secondary N) is 1. The molecular formula is C15H22N4S. The minimum atomic E-state index is 0.116. The van der Waals surface area contributed by atoms with Crippen LogP contribution < -0.4 is 11.3 Å². The third kappa shape index (κ3) is 3.85. The maximum absolute atomic E-state index is 5.71. The fourth-order valence-corrected chi connectivity index (χ4v) is 2.82. The van der Waals surface area contributed by atoms with E-state index < -0.39 is 0 Å². The van der Waals surface area contributed by atoms with Gasteiger partial charge in [-0.15, -0.1) is 11.8 Å². The van der Waals surface area contributed by atoms with Crippen LogP contribution in [0, 0.1) is 0 Å². The lowest BCUT2D eigenvalue weighted by Crippen LogP contribution is -2.29. The molecule has 5 heteroatoms. The smallest absolute Gasteiger partial charge is 0.0522 e. The molecule has 0 aliphatic carbocycles. The lowest BCUT2D eigenvalue weighted by atomic mass is 10.0. The van der Waals surface area contributed by atoms with E-state index in [1.165, 1.54) is 16.0 Å². The van der Waals surface area contributed by atoms with E-state index in [-0.39, 0.29) is 6.04 Å². The predicted molar refractivity (Wildman–Crippen MR) is 84.5 cm³/mol. The SMILES string of the molecule is CCSc1ccc(C(Cc2cnn(CC)c2)NN)cc1. The van der Waals surface area contributed by atoms with Crippen LogP contribution in [-0.4, -0.2) is 15.5 Å². The average molecular weight is 290 g/mol. The van der Waals surface area contributed by atoms with Crippen LogP contribution in [0.25, 0.3) is 0 Å². The molecule has 0 spiro atoms. The molecule has 2 rings (SSSR count). The van der Waals surface area contributed by atoms with Crippen molar-refractivity contribution in [3.63, 3.8) is 0 Å². The van der Waals surface area contributed by atoms with Crippen LogP contribution in [0.5, 0.6) is 0 Å². The molecule has 1 heterocycles. The molecule has 0 saturated carbocycles. The van der Waals surface area contributed by atoms with Gasteiger partial charge in [0.1, 0.15) is 0 Å². The van der Waals surface area contributed by atoms with Gasteiger partial charge in [0.25, 0.3) is 0 Å². The summed E-state index contributed by atoms with van der Waals surface area (Å²) < 4.78 is 1.93. The lowest BCUT2D eigenvalue weighted by molar-refractivity contribution is 0.551. The molecule has 1 aromatic carbocycles. The second-order valence-electron chi connectivity index (χ2n) is 4.63. The van der Waals surface area contributed by atoms with Gasteiger partial charge in [0.2, 0.25) is 0 Å². The molecule has 1 unspecified atom stereocenters. The number of aryl methyl sites for hydroxylation is 1. The van der Waals surface area contributed by atoms with E-state index in [2.05, 4.69) is 54.8 Å². The Kier molecular flexibility index (Phi) is 5.64. The van der Waals surface area contributed by atoms with Gasteiger partial charge in [0, 0.05) is 17.6 Å². The van der Waals surface area contributed by atoms with E-state index in [0.717, 1.165) is 18.7 Å². The number of nitrogens with zero attached hydrogens (tertiary/aromatic N) is 2. The number of hydrogen-bond acceptors (Lipinski definition) is 4. The number of thioether (sulfide) groups is 1. The predicted octanol–water partition coefficient (Wildman–Crippen LogP) is 2.76. The normalized spacial score (nSPS) is 12.6. The first-order chi connectivity index (χ1) is 9.76. The molecule has 1 atom stereocenters. The molecule has 20 heavy (non-hydrogen) atoms. The molecule has 0 fully saturated rings. The summed E-state index contributed by atoms with van der Waals surface area (Å²) in [6, 6.07) is 8.72. The van der Waals surface area contributed by atoms with E-state index in [1.807, 2.05) is 22.6 Å². The summed E-state index contributed by atoms with van der Waals surface area (Å²) in [6.07, 6.45) is 4.83. The van der Waals surface area contributed by atoms with Gasteiger partial charge in [0.15, 0.2) is 0 Å². The molecule has 0 bridgehead atoms. The number of nitrogens with two attached hydrogens (primary N) is 1. The fraction of sp³-hybridized carbons (Fsp3) is 0.400. The first kappa shape index (κ1) is 15.1. The zero-order chi connectivity index (χ0) is 14.4. The second kappa shape index (κ2) is 7.47. The number of rotatable bonds is 7. The van der Waals surface area contributed by atoms with Crippen LogP contribution in [-0.2, 0) is 13.0 Å². The highest BCUT2D eigenvalue weighted by Gasteiger charge is 2.11. The molecule has 108 valence electrons. The molecule has 0 aliphatic rings. The minimum absolute atomic E-state index is 0.116. The van der Waals surface area contributed by atoms with Crippen molar-refractivity contribution >= 4 is 11.8 Å². The number of benzene rings is 1. The Morgan fingerprint density at radius 2 is 2.05 bits per heavy atom. The first-order valence-corrected chi connectivity index (χ1v) is 7.95. The topological polar surface area (TPSA) is 55.9 Å². The molecular weight excluding hydrogens is 268 g/mol. The quantitative estimate of drug-likeness (QED) is 0.468. The summed E-state index contributed by atoms with van der Waals surface area (Å²) in [5, 5.41) is 4.30. The first-order valence-electron chi connectivity index (χ1n) is 6.97. The number of aromatic nitrogens is 2. The Balaban J connectivity index is 2.07. The van der Waals surface area contributed by atoms with Gasteiger partial charge in [-0.2, -0.15) is 5.10 Å². The molecule has 0 saturated heterocycles. The van der Waals surface area contributed by atoms with Gasteiger partial charge < -0.3 is 0 Å². The molecule has 0 radical (unpaired) electrons. The third-order valence-corrected chi connectivity index (χ3v) is 4.14. The summed E-state index contributed by atoms with van der Waals surface area (Å²) >= 11 is 1.85. The van der Waals surface area contributed by atoms with E-state index >= 15 is 0 Å². The Labute approximate surface area is 124 Å². The molecule has 0 amide bonds. The summed E-state index contributed by atoms with van der Waals surface area (Å²) in [7, 11) is 0. The van der Waals surface area contributed by atoms with E-state index in [4.69, 9.17) is 5.84 Å². The van der Waals surface area contributed by atoms with Crippen LogP contribution in [0.3, 0.4) is 0 Å². The molecule has 3 N–H and O–H groups in total. The Hall–Kier alpha value is -1.30. The zero-order valence-electron chi connectivity index (χ0n) is 12.0. The van der Waals surface area contributed by atoms with Crippen molar-refractivity contribution in [2.75, 3.05) is 5.75 Å². The van der Waals surface area contributed by atoms with Gasteiger partial charge in [-0.25, -0.2) is 0 Å². The highest BCUT2D eigenvalue weighted by Crippen LogP contribution is 2.22. The molecule has 0 aliphatic heterocycles. The van der Waals surface area contributed by atoms with Gasteiger partial charge in [-0.1, -0.05) is 19.1 Å². The fourth-order valence-electron chi connectivity index (χ4n) is 2.16. The lowest BCUT2D eigenvalue weighted by Gasteiger charge is -2.15. The summed E-state index contributed by atoms with van der Waals surface area (Å²) in [6.45, 7) is 5.14. The third-order valence-electron chi connectivity index (χ3n) is 3.25. The van der Waals surface area contributed by atoms with E-state index in [9.17, 15) is 0 Å². The largest absolute Gasteiger partial charge is 0.273 e. The van der Waals surface area contributed by atoms with Crippen molar-refractivity contribution < 1.29 is 0 Å². The van der Waals surface area contributed by atoms with Gasteiger partial charge in [-0.3, -0.25) is 16.0 Å². The van der Waals surface area contributed by atoms with Crippen LogP contribution in [0.2, 0.25) is 0 Å². The van der Waals surface area contributed by atoms with Crippen LogP contribution in [0.15, 0.2) is 41.6 Å². The van der Waals surface area contributed by atoms with Gasteiger partial charge in [0.05, 0.1) is 12.2 Å². The van der Waals surface area contributed by atoms with Crippen molar-refractivity contribution in [3.8, 4) is 0 Å². The average Bonchev–Trinajstić information content (AvgIpc) is 2.94. The zero-order valence-corrected chi connectivity index (χ0v) is 12.9. The van der Waals surface area contributed by atoms with Crippen molar-refractivity contribution in [2.24, 2.45) is 5.84 Å². The minimum Gasteiger partial charge on any atom is -0.273 e. The van der Waals surface area contributed by atoms with Gasteiger partial charge in [-0.05, 0) is 42.4 Å². The highest BCUT2D eigenvalue weighted by atomic mass is 32.2. The Morgan fingerprint density at radius 1 is 1.30 bits per heavy atom. The van der Waals surface area contributed by atoms with Crippen LogP contribution in [0.1, 0.15) is 31.0 Å². The van der Waals surface area contributed by atoms with Crippen molar-refractivity contribution in [1.29, 1.82) is 0 Å². The second-order valence-corrected chi connectivity index (χ2v) is 5.97. The molecule has 2 aromatic rings. The summed E-state index contributed by atoms with van der Waals surface area (Å²) in [4.78, 5) is 1.30. The Bertz CT molecular complexity index is 521. The maximum Gasteiger partial charge on any atom is 0.0522 e. The number of hydrazine groups is 1. The van der Waals surface area contributed by atoms with Crippen LogP contribution >= 0.6 is 11.8 Å². The summed E-state index contributed by atoms with van der Waals surface area (Å²) in [5.41, 5.74) is 5.30. The van der Waals surface area contributed by atoms with Gasteiger partial charge >= 0.3 is 0 Å². The van der Waals surface area contributed by atoms with Crippen molar-refractivity contribution in [2.45, 2.75) is 37.8 Å². The van der Waals surface area contributed by atoms with E-state index in [0.29, 0.717) is 0 Å². The summed E-state index contributed by atoms with van der Waals surface area (Å²) in [5.74, 6) is 6.80. The van der Waals surface area contributed by atoms with Crippen LogP contribution in [0.4, 0.5) is 0 Å². The van der Waals surface area contributed by atoms with Crippen molar-refractivity contribution in [1.82, 2.24) is 15.2 Å². The molecule has 4 nitrogen and oxygen atoms in total. The van der Waals surface area contributed by atoms with E-state index in [1.54, 1.807) is 0 Å². The standard InChI is InChI=1S/C15H22N4S/c1-3-19-11-12(10-17-19)9-15(18-16)13-5-7-14(8-6-13)20-4-2/h5-8,10-11,15,18H,3-4,9,16H2,1-2H3. The molecule has 1 aromatic heterocycles. The van der Waals surface area contributed by atoms with Crippen molar-refractivity contribution in [3.05, 3.63) is 47.8 Å².